The molecule has 0 bridgehead atoms. The third kappa shape index (κ3) is 8.30. The first-order valence-electron chi connectivity index (χ1n) is 10.2. The molecule has 2 aromatic heterocycles. The Balaban J connectivity index is 1.80. The number of aromatic nitrogens is 2. The largest absolute Gasteiger partial charge is 0.350 e. The molecule has 0 saturated carbocycles. The van der Waals surface area contributed by atoms with Gasteiger partial charge in [-0.1, -0.05) is 31.6 Å². The fourth-order valence-electron chi connectivity index (χ4n) is 3.03. The van der Waals surface area contributed by atoms with Crippen LogP contribution in [0.25, 0.3) is 5.57 Å². The minimum atomic E-state index is -0.0466. The minimum absolute atomic E-state index is 0.0466. The van der Waals surface area contributed by atoms with Gasteiger partial charge in [0.25, 0.3) is 0 Å². The van der Waals surface area contributed by atoms with Crippen LogP contribution < -0.4 is 5.32 Å². The molecule has 0 aliphatic heterocycles. The van der Waals surface area contributed by atoms with E-state index in [1.807, 2.05) is 36.5 Å². The molecule has 0 radical (unpaired) electrons. The van der Waals surface area contributed by atoms with Crippen LogP contribution in [0.15, 0.2) is 67.3 Å². The number of allylic oxidation sites excluding steroid dienone is 3. The third-order valence-electron chi connectivity index (χ3n) is 4.61. The highest BCUT2D eigenvalue weighted by Crippen LogP contribution is 2.20. The van der Waals surface area contributed by atoms with Crippen LogP contribution in [0.4, 0.5) is 0 Å². The van der Waals surface area contributed by atoms with Gasteiger partial charge in [-0.05, 0) is 73.9 Å². The Hall–Kier alpha value is -2.75. The standard InChI is InChI=1S/C24H31N3O/c1-3-4-11-22(23-14-17-25-18-15-23)12-6-13-24(28)27-20(2)8-5-9-21-10-7-16-26-19-21/h6-7,10,12-20H,3-5,8-9,11H2,1-2H3,(H,27,28)/b13-6+,22-12+/t20-/m1/s1. The zero-order valence-corrected chi connectivity index (χ0v) is 17.0. The van der Waals surface area contributed by atoms with Gasteiger partial charge in [0.15, 0.2) is 0 Å². The Morgan fingerprint density at radius 3 is 2.68 bits per heavy atom. The van der Waals surface area contributed by atoms with E-state index in [1.165, 1.54) is 11.1 Å². The van der Waals surface area contributed by atoms with Crippen molar-refractivity contribution in [2.24, 2.45) is 0 Å². The lowest BCUT2D eigenvalue weighted by molar-refractivity contribution is -0.117. The molecule has 0 unspecified atom stereocenters. The van der Waals surface area contributed by atoms with Crippen molar-refractivity contribution in [2.75, 3.05) is 0 Å². The van der Waals surface area contributed by atoms with Crippen molar-refractivity contribution in [3.05, 3.63) is 78.4 Å². The summed E-state index contributed by atoms with van der Waals surface area (Å²) in [5.41, 5.74) is 3.64. The van der Waals surface area contributed by atoms with Crippen molar-refractivity contribution < 1.29 is 4.79 Å². The number of amides is 1. The van der Waals surface area contributed by atoms with Gasteiger partial charge >= 0.3 is 0 Å². The monoisotopic (exact) mass is 377 g/mol. The lowest BCUT2D eigenvalue weighted by Crippen LogP contribution is -2.31. The van der Waals surface area contributed by atoms with Gasteiger partial charge in [0.2, 0.25) is 5.91 Å². The van der Waals surface area contributed by atoms with Gasteiger partial charge in [-0.25, -0.2) is 0 Å². The quantitative estimate of drug-likeness (QED) is 0.436. The summed E-state index contributed by atoms with van der Waals surface area (Å²) in [5.74, 6) is -0.0466. The Bertz CT molecular complexity index is 754. The first-order valence-corrected chi connectivity index (χ1v) is 10.2. The van der Waals surface area contributed by atoms with Crippen LogP contribution in [-0.2, 0) is 11.2 Å². The molecule has 0 fully saturated rings. The topological polar surface area (TPSA) is 54.9 Å². The highest BCUT2D eigenvalue weighted by atomic mass is 16.1. The lowest BCUT2D eigenvalue weighted by atomic mass is 10.0. The van der Waals surface area contributed by atoms with Crippen LogP contribution in [0, 0.1) is 0 Å². The molecule has 1 atom stereocenters. The average molecular weight is 378 g/mol. The molecular weight excluding hydrogens is 346 g/mol. The van der Waals surface area contributed by atoms with Crippen LogP contribution in [0.5, 0.6) is 0 Å². The third-order valence-corrected chi connectivity index (χ3v) is 4.61. The summed E-state index contributed by atoms with van der Waals surface area (Å²) >= 11 is 0. The number of nitrogens with one attached hydrogen (secondary N) is 1. The molecule has 0 aromatic carbocycles. The highest BCUT2D eigenvalue weighted by Gasteiger charge is 2.05. The number of hydrogen-bond donors (Lipinski definition) is 1. The first-order chi connectivity index (χ1) is 13.7. The summed E-state index contributed by atoms with van der Waals surface area (Å²) in [4.78, 5) is 20.4. The van der Waals surface area contributed by atoms with Gasteiger partial charge in [-0.15, -0.1) is 0 Å². The summed E-state index contributed by atoms with van der Waals surface area (Å²) in [6, 6.07) is 8.22. The predicted molar refractivity (Wildman–Crippen MR) is 116 cm³/mol. The van der Waals surface area contributed by atoms with E-state index in [0.717, 1.165) is 44.1 Å². The smallest absolute Gasteiger partial charge is 0.244 e. The van der Waals surface area contributed by atoms with Crippen LogP contribution in [0.2, 0.25) is 0 Å². The Morgan fingerprint density at radius 1 is 1.14 bits per heavy atom. The number of unbranched alkanes of at least 4 members (excludes halogenated alkanes) is 1. The second-order valence-electron chi connectivity index (χ2n) is 7.05. The van der Waals surface area contributed by atoms with Crippen molar-refractivity contribution in [1.82, 2.24) is 15.3 Å². The number of aryl methyl sites for hydroxylation is 1. The van der Waals surface area contributed by atoms with Crippen LogP contribution in [0.1, 0.15) is 57.1 Å². The second kappa shape index (κ2) is 12.6. The van der Waals surface area contributed by atoms with Gasteiger partial charge < -0.3 is 5.32 Å². The van der Waals surface area contributed by atoms with E-state index in [1.54, 1.807) is 24.7 Å². The van der Waals surface area contributed by atoms with E-state index in [4.69, 9.17) is 0 Å². The van der Waals surface area contributed by atoms with E-state index in [2.05, 4.69) is 35.2 Å². The van der Waals surface area contributed by atoms with Crippen LogP contribution >= 0.6 is 0 Å². The fourth-order valence-corrected chi connectivity index (χ4v) is 3.03. The number of rotatable bonds is 11. The number of carbonyl (C=O) groups excluding carboxylic acids is 1. The fraction of sp³-hybridized carbons (Fsp3) is 0.375. The Kier molecular flexibility index (Phi) is 9.70. The van der Waals surface area contributed by atoms with Gasteiger partial charge in [0, 0.05) is 36.9 Å². The lowest BCUT2D eigenvalue weighted by Gasteiger charge is -2.12. The zero-order valence-electron chi connectivity index (χ0n) is 17.0. The van der Waals surface area contributed by atoms with E-state index in [-0.39, 0.29) is 11.9 Å². The molecule has 2 heterocycles. The Morgan fingerprint density at radius 2 is 1.96 bits per heavy atom. The maximum atomic E-state index is 12.2. The number of pyridine rings is 2. The molecule has 0 saturated heterocycles. The molecule has 28 heavy (non-hydrogen) atoms. The normalized spacial score (nSPS) is 12.9. The molecule has 2 rings (SSSR count). The molecule has 2 aromatic rings. The van der Waals surface area contributed by atoms with E-state index < -0.39 is 0 Å². The molecule has 0 aliphatic rings. The van der Waals surface area contributed by atoms with Crippen molar-refractivity contribution in [2.45, 2.75) is 58.4 Å². The Labute approximate surface area is 168 Å². The van der Waals surface area contributed by atoms with Gasteiger partial charge in [0.1, 0.15) is 0 Å². The first kappa shape index (κ1) is 21.5. The molecule has 1 amide bonds. The molecule has 1 N–H and O–H groups in total. The summed E-state index contributed by atoms with van der Waals surface area (Å²) in [7, 11) is 0. The maximum absolute atomic E-state index is 12.2. The summed E-state index contributed by atoms with van der Waals surface area (Å²) < 4.78 is 0. The SMILES string of the molecule is CCCC/C(=C\C=C\C(=O)N[C@H](C)CCCc1cccnc1)c1ccncc1. The zero-order chi connectivity index (χ0) is 20.0. The average Bonchev–Trinajstić information content (AvgIpc) is 2.72. The molecule has 4 heteroatoms. The summed E-state index contributed by atoms with van der Waals surface area (Å²) in [5, 5.41) is 3.04. The highest BCUT2D eigenvalue weighted by molar-refractivity contribution is 5.88. The summed E-state index contributed by atoms with van der Waals surface area (Å²) in [6.07, 6.45) is 19.0. The van der Waals surface area contributed by atoms with E-state index >= 15 is 0 Å². The van der Waals surface area contributed by atoms with Gasteiger partial charge in [-0.2, -0.15) is 0 Å². The summed E-state index contributed by atoms with van der Waals surface area (Å²) in [6.45, 7) is 4.23. The van der Waals surface area contributed by atoms with Crippen molar-refractivity contribution in [1.29, 1.82) is 0 Å². The van der Waals surface area contributed by atoms with Crippen LogP contribution in [0.3, 0.4) is 0 Å². The number of hydrogen-bond acceptors (Lipinski definition) is 3. The van der Waals surface area contributed by atoms with Crippen molar-refractivity contribution in [3.8, 4) is 0 Å². The van der Waals surface area contributed by atoms with Gasteiger partial charge in [0.05, 0.1) is 0 Å². The number of carbonyl (C=O) groups is 1. The molecule has 0 spiro atoms. The molecule has 0 aliphatic carbocycles. The number of nitrogens with zero attached hydrogens (tertiary/aromatic N) is 2. The molecule has 4 nitrogen and oxygen atoms in total. The van der Waals surface area contributed by atoms with Crippen molar-refractivity contribution >= 4 is 11.5 Å². The van der Waals surface area contributed by atoms with Crippen LogP contribution in [-0.4, -0.2) is 21.9 Å². The van der Waals surface area contributed by atoms with E-state index in [9.17, 15) is 4.79 Å². The minimum Gasteiger partial charge on any atom is -0.350 e. The van der Waals surface area contributed by atoms with E-state index in [0.29, 0.717) is 0 Å². The molecule has 148 valence electrons. The van der Waals surface area contributed by atoms with Gasteiger partial charge in [-0.3, -0.25) is 14.8 Å². The predicted octanol–water partition coefficient (Wildman–Crippen LogP) is 5.13. The maximum Gasteiger partial charge on any atom is 0.244 e. The molecular formula is C24H31N3O. The van der Waals surface area contributed by atoms with Crippen molar-refractivity contribution in [3.63, 3.8) is 0 Å². The second-order valence-corrected chi connectivity index (χ2v) is 7.05.